The van der Waals surface area contributed by atoms with E-state index in [-0.39, 0.29) is 34.3 Å². The second-order valence-electron chi connectivity index (χ2n) is 10.6. The molecule has 1 unspecified atom stereocenters. The van der Waals surface area contributed by atoms with Crippen LogP contribution in [-0.2, 0) is 19.1 Å². The Morgan fingerprint density at radius 1 is 1.10 bits per heavy atom. The van der Waals surface area contributed by atoms with Crippen LogP contribution in [-0.4, -0.2) is 23.1 Å². The third kappa shape index (κ3) is 2.60. The van der Waals surface area contributed by atoms with Gasteiger partial charge in [0.25, 0.3) is 0 Å². The van der Waals surface area contributed by atoms with Crippen molar-refractivity contribution in [2.45, 2.75) is 79.2 Å². The van der Waals surface area contributed by atoms with Crippen molar-refractivity contribution in [2.24, 2.45) is 34.5 Å². The molecule has 158 valence electrons. The van der Waals surface area contributed by atoms with Gasteiger partial charge in [0.15, 0.2) is 17.2 Å². The fourth-order valence-electron chi connectivity index (χ4n) is 7.82. The fourth-order valence-corrected chi connectivity index (χ4v) is 7.82. The van der Waals surface area contributed by atoms with E-state index in [4.69, 9.17) is 4.74 Å². The van der Waals surface area contributed by atoms with Crippen molar-refractivity contribution in [3.8, 4) is 0 Å². The summed E-state index contributed by atoms with van der Waals surface area (Å²) >= 11 is 0. The number of esters is 1. The number of Topliss-reactive ketones (excluding diaryl/α,β-unsaturated/α-hetero) is 1. The number of rotatable bonds is 2. The van der Waals surface area contributed by atoms with Gasteiger partial charge >= 0.3 is 5.97 Å². The number of allylic oxidation sites excluding steroid dienone is 4. The average Bonchev–Trinajstić information content (AvgIpc) is 2.91. The molecule has 0 saturated heterocycles. The Labute approximate surface area is 174 Å². The number of carbonyl (C=O) groups is 3. The lowest BCUT2D eigenvalue weighted by Crippen LogP contribution is -2.58. The summed E-state index contributed by atoms with van der Waals surface area (Å²) in [6, 6.07) is 0. The zero-order valence-corrected chi connectivity index (χ0v) is 18.6. The Kier molecular flexibility index (Phi) is 4.53. The van der Waals surface area contributed by atoms with Gasteiger partial charge in [-0.1, -0.05) is 32.4 Å². The zero-order valence-electron chi connectivity index (χ0n) is 18.6. The highest BCUT2D eigenvalue weighted by atomic mass is 16.6. The Morgan fingerprint density at radius 2 is 1.76 bits per heavy atom. The molecule has 29 heavy (non-hydrogen) atoms. The second-order valence-corrected chi connectivity index (χ2v) is 10.6. The predicted molar refractivity (Wildman–Crippen MR) is 111 cm³/mol. The van der Waals surface area contributed by atoms with Gasteiger partial charge < -0.3 is 4.74 Å². The third-order valence-corrected chi connectivity index (χ3v) is 9.14. The lowest BCUT2D eigenvalue weighted by molar-refractivity contribution is -0.185. The molecule has 0 amide bonds. The molecule has 0 N–H and O–H groups in total. The minimum atomic E-state index is -0.997. The molecular weight excluding hydrogens is 364 g/mol. The smallest absolute Gasteiger partial charge is 0.303 e. The molecule has 4 aliphatic rings. The van der Waals surface area contributed by atoms with E-state index in [0.29, 0.717) is 24.2 Å². The maximum absolute atomic E-state index is 12.8. The summed E-state index contributed by atoms with van der Waals surface area (Å²) in [5, 5.41) is 0. The zero-order chi connectivity index (χ0) is 21.4. The quantitative estimate of drug-likeness (QED) is 0.626. The van der Waals surface area contributed by atoms with Crippen molar-refractivity contribution in [2.75, 3.05) is 0 Å². The molecule has 0 aromatic heterocycles. The monoisotopic (exact) mass is 398 g/mol. The van der Waals surface area contributed by atoms with Crippen LogP contribution in [0.25, 0.3) is 0 Å². The van der Waals surface area contributed by atoms with E-state index >= 15 is 0 Å². The highest BCUT2D eigenvalue weighted by Crippen LogP contribution is 2.68. The van der Waals surface area contributed by atoms with Gasteiger partial charge in [0.2, 0.25) is 0 Å². The van der Waals surface area contributed by atoms with Gasteiger partial charge in [-0.05, 0) is 80.8 Å². The van der Waals surface area contributed by atoms with Gasteiger partial charge in [-0.15, -0.1) is 0 Å². The van der Waals surface area contributed by atoms with E-state index in [0.717, 1.165) is 25.7 Å². The molecule has 7 atom stereocenters. The number of hydrogen-bond acceptors (Lipinski definition) is 4. The third-order valence-electron chi connectivity index (χ3n) is 9.14. The van der Waals surface area contributed by atoms with E-state index < -0.39 is 5.60 Å². The maximum atomic E-state index is 12.8. The summed E-state index contributed by atoms with van der Waals surface area (Å²) in [6.45, 7) is 11.7. The van der Waals surface area contributed by atoms with E-state index in [1.54, 1.807) is 6.92 Å². The summed E-state index contributed by atoms with van der Waals surface area (Å²) in [7, 11) is 0. The summed E-state index contributed by atoms with van der Waals surface area (Å²) in [6.07, 6.45) is 8.56. The number of hydrogen-bond donors (Lipinski definition) is 0. The molecule has 0 radical (unpaired) electrons. The Hall–Kier alpha value is -1.71. The van der Waals surface area contributed by atoms with Crippen LogP contribution in [0.2, 0.25) is 0 Å². The van der Waals surface area contributed by atoms with Crippen LogP contribution in [0, 0.1) is 34.5 Å². The molecular formula is C25H34O4. The normalized spacial score (nSPS) is 46.1. The first-order valence-corrected chi connectivity index (χ1v) is 11.1. The molecule has 0 aliphatic heterocycles. The van der Waals surface area contributed by atoms with Crippen LogP contribution in [0.4, 0.5) is 0 Å². The molecule has 2 fully saturated rings. The van der Waals surface area contributed by atoms with E-state index in [1.807, 2.05) is 13.0 Å². The highest BCUT2D eigenvalue weighted by molar-refractivity contribution is 5.94. The van der Waals surface area contributed by atoms with Gasteiger partial charge in [0, 0.05) is 18.3 Å². The van der Waals surface area contributed by atoms with Crippen LogP contribution < -0.4 is 0 Å². The fraction of sp³-hybridized carbons (Fsp3) is 0.720. The summed E-state index contributed by atoms with van der Waals surface area (Å²) in [5.74, 6) is 1.05. The molecule has 0 aromatic carbocycles. The Balaban J connectivity index is 1.79. The lowest BCUT2D eigenvalue weighted by Gasteiger charge is -2.58. The van der Waals surface area contributed by atoms with Gasteiger partial charge in [0.05, 0.1) is 0 Å². The van der Waals surface area contributed by atoms with E-state index in [2.05, 4.69) is 26.8 Å². The minimum Gasteiger partial charge on any atom is -0.451 e. The average molecular weight is 399 g/mol. The minimum absolute atomic E-state index is 0.00105. The molecule has 4 aliphatic carbocycles. The van der Waals surface area contributed by atoms with Crippen molar-refractivity contribution in [3.05, 3.63) is 23.3 Å². The summed E-state index contributed by atoms with van der Waals surface area (Å²) in [5.41, 5.74) is 1.10. The molecule has 4 rings (SSSR count). The molecule has 4 heteroatoms. The largest absolute Gasteiger partial charge is 0.451 e. The van der Waals surface area contributed by atoms with E-state index in [9.17, 15) is 14.4 Å². The molecule has 2 saturated carbocycles. The molecule has 0 aromatic rings. The number of ether oxygens (including phenoxy) is 1. The van der Waals surface area contributed by atoms with Crippen LogP contribution in [0.5, 0.6) is 0 Å². The second kappa shape index (κ2) is 6.39. The lowest BCUT2D eigenvalue weighted by atomic mass is 9.46. The Bertz CT molecular complexity index is 851. The Morgan fingerprint density at radius 3 is 2.38 bits per heavy atom. The molecule has 0 heterocycles. The van der Waals surface area contributed by atoms with Gasteiger partial charge in [0.1, 0.15) is 0 Å². The van der Waals surface area contributed by atoms with Crippen molar-refractivity contribution in [1.29, 1.82) is 0 Å². The number of fused-ring (bicyclic) bond motifs is 5. The topological polar surface area (TPSA) is 60.4 Å². The number of carbonyl (C=O) groups excluding carboxylic acids is 3. The van der Waals surface area contributed by atoms with Crippen molar-refractivity contribution in [3.63, 3.8) is 0 Å². The molecule has 0 spiro atoms. The molecule has 4 nitrogen and oxygen atoms in total. The first kappa shape index (κ1) is 20.6. The van der Waals surface area contributed by atoms with Crippen molar-refractivity contribution >= 4 is 17.5 Å². The molecule has 0 bridgehead atoms. The maximum Gasteiger partial charge on any atom is 0.303 e. The van der Waals surface area contributed by atoms with Gasteiger partial charge in [-0.2, -0.15) is 0 Å². The standard InChI is InChI=1S/C25H34O4/c1-14-11-18-19(23(5)13-15(2)22(28)12-21(14)23)7-9-24(6)20(18)8-10-25(24,16(3)26)29-17(4)27/h11-12,15,18-20H,7-10,13H2,1-6H3/t15?,18-,19+,20+,23-,24+,25+/m0/s1. The summed E-state index contributed by atoms with van der Waals surface area (Å²) < 4.78 is 5.84. The predicted octanol–water partition coefficient (Wildman–Crippen LogP) is 4.82. The van der Waals surface area contributed by atoms with Crippen molar-refractivity contribution < 1.29 is 19.1 Å². The van der Waals surface area contributed by atoms with Crippen molar-refractivity contribution in [1.82, 2.24) is 0 Å². The van der Waals surface area contributed by atoms with Gasteiger partial charge in [-0.25, -0.2) is 0 Å². The van der Waals surface area contributed by atoms with Crippen LogP contribution >= 0.6 is 0 Å². The first-order chi connectivity index (χ1) is 13.5. The van der Waals surface area contributed by atoms with Crippen LogP contribution in [0.3, 0.4) is 0 Å². The van der Waals surface area contributed by atoms with Crippen LogP contribution in [0.15, 0.2) is 23.3 Å². The first-order valence-electron chi connectivity index (χ1n) is 11.1. The van der Waals surface area contributed by atoms with Crippen LogP contribution in [0.1, 0.15) is 73.6 Å². The number of ketones is 2. The van der Waals surface area contributed by atoms with E-state index in [1.165, 1.54) is 18.1 Å². The van der Waals surface area contributed by atoms with Gasteiger partial charge in [-0.3, -0.25) is 14.4 Å². The summed E-state index contributed by atoms with van der Waals surface area (Å²) in [4.78, 5) is 37.2. The SMILES string of the molecule is CC(=O)O[C@@]1(C(C)=O)CC[C@@H]2[C@H]3C=C(C)C4=CC(=O)C(C)C[C@@]4(C)[C@@H]3CC[C@]21C. The highest BCUT2D eigenvalue weighted by Gasteiger charge is 2.67.